The van der Waals surface area contributed by atoms with Crippen LogP contribution < -0.4 is 5.32 Å². The van der Waals surface area contributed by atoms with Gasteiger partial charge in [0.05, 0.1) is 5.92 Å². The second kappa shape index (κ2) is 5.69. The summed E-state index contributed by atoms with van der Waals surface area (Å²) < 4.78 is 43.2. The molecule has 1 aliphatic rings. The van der Waals surface area contributed by atoms with Gasteiger partial charge >= 0.3 is 6.18 Å². The van der Waals surface area contributed by atoms with Crippen molar-refractivity contribution in [3.05, 3.63) is 12.2 Å². The highest BCUT2D eigenvalue weighted by molar-refractivity contribution is 4.86. The second-order valence-corrected chi connectivity index (χ2v) is 4.58. The Hall–Kier alpha value is -1.11. The first-order chi connectivity index (χ1) is 8.57. The molecule has 0 amide bonds. The molecule has 4 nitrogen and oxygen atoms in total. The summed E-state index contributed by atoms with van der Waals surface area (Å²) >= 11 is 0. The minimum Gasteiger partial charge on any atom is -0.340 e. The molecule has 0 radical (unpaired) electrons. The van der Waals surface area contributed by atoms with Gasteiger partial charge in [-0.3, -0.25) is 0 Å². The normalized spacial score (nSPS) is 25.3. The van der Waals surface area contributed by atoms with E-state index in [1.54, 1.807) is 0 Å². The number of alkyl halides is 3. The Labute approximate surface area is 103 Å². The van der Waals surface area contributed by atoms with E-state index in [4.69, 9.17) is 4.52 Å². The summed E-state index contributed by atoms with van der Waals surface area (Å²) in [5, 5.41) is 6.42. The van der Waals surface area contributed by atoms with Crippen molar-refractivity contribution in [3.63, 3.8) is 0 Å². The maximum Gasteiger partial charge on any atom is 0.393 e. The molecule has 1 saturated carbocycles. The van der Waals surface area contributed by atoms with E-state index in [1.807, 2.05) is 0 Å². The van der Waals surface area contributed by atoms with Crippen molar-refractivity contribution in [1.29, 1.82) is 0 Å². The molecule has 1 N–H and O–H groups in total. The van der Waals surface area contributed by atoms with Gasteiger partial charge in [-0.05, 0) is 12.8 Å². The Balaban J connectivity index is 1.82. The Morgan fingerprint density at radius 2 is 2.11 bits per heavy atom. The molecule has 0 aromatic carbocycles. The summed E-state index contributed by atoms with van der Waals surface area (Å²) in [6.45, 7) is 0.430. The molecule has 1 aliphatic carbocycles. The van der Waals surface area contributed by atoms with E-state index < -0.39 is 18.1 Å². The lowest BCUT2D eigenvalue weighted by molar-refractivity contribution is -0.188. The molecule has 2 rings (SSSR count). The van der Waals surface area contributed by atoms with Crippen molar-refractivity contribution < 1.29 is 17.7 Å². The molecule has 102 valence electrons. The lowest BCUT2D eigenvalue weighted by Gasteiger charge is -2.33. The predicted octanol–water partition coefficient (Wildman–Crippen LogP) is 2.32. The Kier molecular flexibility index (Phi) is 4.21. The van der Waals surface area contributed by atoms with Gasteiger partial charge in [-0.2, -0.15) is 18.2 Å². The maximum atomic E-state index is 12.8. The lowest BCUT2D eigenvalue weighted by atomic mass is 9.84. The van der Waals surface area contributed by atoms with Crippen LogP contribution in [0.4, 0.5) is 13.2 Å². The number of hydrogen-bond donors (Lipinski definition) is 1. The lowest BCUT2D eigenvalue weighted by Crippen LogP contribution is -2.46. The summed E-state index contributed by atoms with van der Waals surface area (Å²) in [6.07, 6.45) is -0.0509. The topological polar surface area (TPSA) is 51.0 Å². The minimum absolute atomic E-state index is 0.224. The minimum atomic E-state index is -4.11. The van der Waals surface area contributed by atoms with Crippen LogP contribution in [0.2, 0.25) is 0 Å². The zero-order valence-electron chi connectivity index (χ0n) is 9.91. The first kappa shape index (κ1) is 13.3. The highest BCUT2D eigenvalue weighted by Gasteiger charge is 2.45. The van der Waals surface area contributed by atoms with Gasteiger partial charge in [-0.15, -0.1) is 0 Å². The van der Waals surface area contributed by atoms with Crippen LogP contribution in [0, 0.1) is 5.92 Å². The van der Waals surface area contributed by atoms with Crippen molar-refractivity contribution in [3.8, 4) is 0 Å². The molecule has 0 aliphatic heterocycles. The highest BCUT2D eigenvalue weighted by atomic mass is 19.4. The van der Waals surface area contributed by atoms with Gasteiger partial charge < -0.3 is 9.84 Å². The predicted molar refractivity (Wildman–Crippen MR) is 57.8 cm³/mol. The molecule has 7 heteroatoms. The molecule has 2 atom stereocenters. The van der Waals surface area contributed by atoms with Crippen molar-refractivity contribution in [2.24, 2.45) is 5.92 Å². The number of hydrogen-bond acceptors (Lipinski definition) is 4. The maximum absolute atomic E-state index is 12.8. The van der Waals surface area contributed by atoms with E-state index in [2.05, 4.69) is 15.5 Å². The van der Waals surface area contributed by atoms with Crippen molar-refractivity contribution in [1.82, 2.24) is 15.5 Å². The van der Waals surface area contributed by atoms with Gasteiger partial charge in [0, 0.05) is 19.0 Å². The molecule has 0 bridgehead atoms. The third-order valence-corrected chi connectivity index (χ3v) is 3.34. The van der Waals surface area contributed by atoms with Crippen molar-refractivity contribution in [2.45, 2.75) is 44.3 Å². The summed E-state index contributed by atoms with van der Waals surface area (Å²) in [5.74, 6) is -0.782. The first-order valence-corrected chi connectivity index (χ1v) is 6.13. The second-order valence-electron chi connectivity index (χ2n) is 4.58. The van der Waals surface area contributed by atoms with E-state index >= 15 is 0 Å². The Bertz CT molecular complexity index is 353. The smallest absolute Gasteiger partial charge is 0.340 e. The number of rotatable bonds is 4. The van der Waals surface area contributed by atoms with E-state index in [0.29, 0.717) is 31.7 Å². The van der Waals surface area contributed by atoms with Gasteiger partial charge in [0.1, 0.15) is 0 Å². The molecule has 18 heavy (non-hydrogen) atoms. The SMILES string of the molecule is FC(F)(F)C1CCCCC1NCCc1ncno1. The number of nitrogens with zero attached hydrogens (tertiary/aromatic N) is 2. The highest BCUT2D eigenvalue weighted by Crippen LogP contribution is 2.37. The standard InChI is InChI=1S/C11H16F3N3O/c12-11(13,14)8-3-1-2-4-9(8)15-6-5-10-16-7-17-18-10/h7-9,15H,1-6H2. The molecule has 1 aromatic heterocycles. The summed E-state index contributed by atoms with van der Waals surface area (Å²) in [5.41, 5.74) is 0. The third kappa shape index (κ3) is 3.44. The molecule has 2 unspecified atom stereocenters. The number of aromatic nitrogens is 2. The molecule has 1 heterocycles. The van der Waals surface area contributed by atoms with Crippen LogP contribution >= 0.6 is 0 Å². The van der Waals surface area contributed by atoms with E-state index in [0.717, 1.165) is 6.42 Å². The van der Waals surface area contributed by atoms with Crippen LogP contribution in [-0.4, -0.2) is 28.9 Å². The quantitative estimate of drug-likeness (QED) is 0.905. The fourth-order valence-electron chi connectivity index (χ4n) is 2.44. The van der Waals surface area contributed by atoms with Crippen LogP contribution in [0.1, 0.15) is 31.6 Å². The molecule has 1 fully saturated rings. The van der Waals surface area contributed by atoms with Crippen LogP contribution in [0.25, 0.3) is 0 Å². The summed E-state index contributed by atoms with van der Waals surface area (Å²) in [4.78, 5) is 3.83. The Morgan fingerprint density at radius 1 is 1.33 bits per heavy atom. The van der Waals surface area contributed by atoms with Crippen LogP contribution in [0.3, 0.4) is 0 Å². The van der Waals surface area contributed by atoms with Gasteiger partial charge in [0.2, 0.25) is 5.89 Å². The molecule has 0 saturated heterocycles. The number of halogens is 3. The zero-order chi connectivity index (χ0) is 13.0. The monoisotopic (exact) mass is 263 g/mol. The molecule has 1 aromatic rings. The van der Waals surface area contributed by atoms with Crippen molar-refractivity contribution >= 4 is 0 Å². The molecule has 0 spiro atoms. The van der Waals surface area contributed by atoms with E-state index in [1.165, 1.54) is 6.33 Å². The average molecular weight is 263 g/mol. The van der Waals surface area contributed by atoms with Crippen LogP contribution in [0.5, 0.6) is 0 Å². The van der Waals surface area contributed by atoms with E-state index in [9.17, 15) is 13.2 Å². The van der Waals surface area contributed by atoms with Crippen LogP contribution in [-0.2, 0) is 6.42 Å². The largest absolute Gasteiger partial charge is 0.393 e. The van der Waals surface area contributed by atoms with Gasteiger partial charge in [-0.25, -0.2) is 0 Å². The average Bonchev–Trinajstić information content (AvgIpc) is 2.81. The van der Waals surface area contributed by atoms with E-state index in [-0.39, 0.29) is 6.42 Å². The first-order valence-electron chi connectivity index (χ1n) is 6.13. The Morgan fingerprint density at radius 3 is 2.78 bits per heavy atom. The fraction of sp³-hybridized carbons (Fsp3) is 0.818. The summed E-state index contributed by atoms with van der Waals surface area (Å²) in [7, 11) is 0. The van der Waals surface area contributed by atoms with Crippen molar-refractivity contribution in [2.75, 3.05) is 6.54 Å². The van der Waals surface area contributed by atoms with Gasteiger partial charge in [0.25, 0.3) is 0 Å². The van der Waals surface area contributed by atoms with Crippen LogP contribution in [0.15, 0.2) is 10.9 Å². The van der Waals surface area contributed by atoms with Gasteiger partial charge in [0.15, 0.2) is 6.33 Å². The number of nitrogens with one attached hydrogen (secondary N) is 1. The molecular weight excluding hydrogens is 247 g/mol. The third-order valence-electron chi connectivity index (χ3n) is 3.34. The zero-order valence-corrected chi connectivity index (χ0v) is 9.91. The fourth-order valence-corrected chi connectivity index (χ4v) is 2.44. The molecular formula is C11H16F3N3O. The van der Waals surface area contributed by atoms with Gasteiger partial charge in [-0.1, -0.05) is 18.0 Å². The summed E-state index contributed by atoms with van der Waals surface area (Å²) in [6, 6.07) is -0.485.